The summed E-state index contributed by atoms with van der Waals surface area (Å²) in [5, 5.41) is 9.81. The number of hydrogen-bond acceptors (Lipinski definition) is 2. The molecule has 0 aromatic heterocycles. The number of aliphatic hydroxyl groups excluding tert-OH is 1. The molecule has 1 rings (SSSR count). The van der Waals surface area contributed by atoms with E-state index < -0.39 is 6.10 Å². The second kappa shape index (κ2) is 6.68. The van der Waals surface area contributed by atoms with Gasteiger partial charge in [-0.2, -0.15) is 0 Å². The lowest BCUT2D eigenvalue weighted by Crippen LogP contribution is -2.30. The highest BCUT2D eigenvalue weighted by Gasteiger charge is 2.19. The molecule has 0 aliphatic heterocycles. The van der Waals surface area contributed by atoms with Gasteiger partial charge in [0, 0.05) is 3.57 Å². The molecule has 1 aromatic rings. The molecular weight excluding hydrogens is 324 g/mol. The van der Waals surface area contributed by atoms with Crippen LogP contribution >= 0.6 is 35.0 Å². The van der Waals surface area contributed by atoms with Gasteiger partial charge in [-0.25, -0.2) is 0 Å². The molecule has 0 fully saturated rings. The lowest BCUT2D eigenvalue weighted by Gasteiger charge is -2.22. The summed E-state index contributed by atoms with van der Waals surface area (Å²) in [7, 11) is 0. The highest BCUT2D eigenvalue weighted by molar-refractivity contribution is 14.1. The van der Waals surface area contributed by atoms with Crippen LogP contribution in [-0.4, -0.2) is 11.2 Å². The molecule has 15 heavy (non-hydrogen) atoms. The molecule has 86 valence electrons. The zero-order chi connectivity index (χ0) is 10.7. The Morgan fingerprint density at radius 1 is 1.33 bits per heavy atom. The first kappa shape index (κ1) is 15.2. The van der Waals surface area contributed by atoms with E-state index in [1.807, 2.05) is 38.1 Å². The number of rotatable bonds is 3. The largest absolute Gasteiger partial charge is 0.391 e. The Morgan fingerprint density at radius 2 is 1.93 bits per heavy atom. The molecule has 0 bridgehead atoms. The summed E-state index contributed by atoms with van der Waals surface area (Å²) < 4.78 is 1.14. The van der Waals surface area contributed by atoms with Crippen molar-refractivity contribution in [3.8, 4) is 0 Å². The predicted octanol–water partition coefficient (Wildman–Crippen LogP) is 2.73. The van der Waals surface area contributed by atoms with Crippen LogP contribution in [0.4, 0.5) is 0 Å². The third kappa shape index (κ3) is 4.26. The van der Waals surface area contributed by atoms with Gasteiger partial charge in [-0.1, -0.05) is 26.0 Å². The minimum Gasteiger partial charge on any atom is -0.391 e. The van der Waals surface area contributed by atoms with Gasteiger partial charge in [-0.15, -0.1) is 12.4 Å². The zero-order valence-corrected chi connectivity index (χ0v) is 11.8. The van der Waals surface area contributed by atoms with Crippen LogP contribution in [0.5, 0.6) is 0 Å². The van der Waals surface area contributed by atoms with Crippen molar-refractivity contribution in [2.24, 2.45) is 11.7 Å². The van der Waals surface area contributed by atoms with E-state index in [-0.39, 0.29) is 24.4 Å². The van der Waals surface area contributed by atoms with E-state index >= 15 is 0 Å². The summed E-state index contributed by atoms with van der Waals surface area (Å²) in [6.07, 6.45) is -0.479. The van der Waals surface area contributed by atoms with Gasteiger partial charge in [-0.05, 0) is 46.2 Å². The van der Waals surface area contributed by atoms with Gasteiger partial charge in [0.2, 0.25) is 0 Å². The first-order chi connectivity index (χ1) is 6.52. The summed E-state index contributed by atoms with van der Waals surface area (Å²) in [6.45, 7) is 3.94. The molecular formula is C11H17ClINO. The monoisotopic (exact) mass is 341 g/mol. The first-order valence-electron chi connectivity index (χ1n) is 4.71. The van der Waals surface area contributed by atoms with Crippen LogP contribution in [0.2, 0.25) is 0 Å². The lowest BCUT2D eigenvalue weighted by molar-refractivity contribution is 0.0979. The number of hydrogen-bond donors (Lipinski definition) is 2. The van der Waals surface area contributed by atoms with Crippen LogP contribution in [-0.2, 0) is 0 Å². The van der Waals surface area contributed by atoms with E-state index in [4.69, 9.17) is 5.73 Å². The molecule has 4 heteroatoms. The van der Waals surface area contributed by atoms with Gasteiger partial charge >= 0.3 is 0 Å². The molecule has 0 saturated heterocycles. The smallest absolute Gasteiger partial charge is 0.0755 e. The number of benzene rings is 1. The van der Waals surface area contributed by atoms with Crippen LogP contribution < -0.4 is 5.73 Å². The van der Waals surface area contributed by atoms with Crippen molar-refractivity contribution >= 4 is 35.0 Å². The van der Waals surface area contributed by atoms with E-state index in [0.717, 1.165) is 9.13 Å². The number of aliphatic hydroxyl groups is 1. The quantitative estimate of drug-likeness (QED) is 0.831. The van der Waals surface area contributed by atoms with Crippen LogP contribution in [0.3, 0.4) is 0 Å². The third-order valence-electron chi connectivity index (χ3n) is 2.28. The molecule has 0 spiro atoms. The molecule has 0 amide bonds. The van der Waals surface area contributed by atoms with E-state index in [1.165, 1.54) is 0 Å². The molecule has 2 atom stereocenters. The Hall–Kier alpha value is 0.160. The second-order valence-electron chi connectivity index (χ2n) is 3.82. The Bertz CT molecular complexity index is 306. The molecule has 0 heterocycles. The molecule has 3 N–H and O–H groups in total. The Labute approximate surface area is 111 Å². The maximum absolute atomic E-state index is 9.81. The highest BCUT2D eigenvalue weighted by atomic mass is 127. The fourth-order valence-electron chi connectivity index (χ4n) is 1.33. The van der Waals surface area contributed by atoms with Gasteiger partial charge in [0.15, 0.2) is 0 Å². The van der Waals surface area contributed by atoms with E-state index in [9.17, 15) is 5.11 Å². The van der Waals surface area contributed by atoms with Crippen molar-refractivity contribution < 1.29 is 5.11 Å². The highest BCUT2D eigenvalue weighted by Crippen LogP contribution is 2.20. The fraction of sp³-hybridized carbons (Fsp3) is 0.455. The van der Waals surface area contributed by atoms with Gasteiger partial charge in [0.05, 0.1) is 12.1 Å². The van der Waals surface area contributed by atoms with Crippen molar-refractivity contribution in [1.29, 1.82) is 0 Å². The second-order valence-corrected chi connectivity index (χ2v) is 5.06. The lowest BCUT2D eigenvalue weighted by atomic mass is 9.95. The van der Waals surface area contributed by atoms with Crippen molar-refractivity contribution in [2.75, 3.05) is 0 Å². The summed E-state index contributed by atoms with van der Waals surface area (Å²) in [5.41, 5.74) is 6.95. The van der Waals surface area contributed by atoms with Crippen molar-refractivity contribution in [3.63, 3.8) is 0 Å². The molecule has 0 radical (unpaired) electrons. The minimum absolute atomic E-state index is 0. The summed E-state index contributed by atoms with van der Waals surface area (Å²) >= 11 is 2.24. The van der Waals surface area contributed by atoms with Gasteiger partial charge in [-0.3, -0.25) is 0 Å². The maximum Gasteiger partial charge on any atom is 0.0755 e. The predicted molar refractivity (Wildman–Crippen MR) is 74.2 cm³/mol. The van der Waals surface area contributed by atoms with Crippen molar-refractivity contribution in [2.45, 2.75) is 26.0 Å². The van der Waals surface area contributed by atoms with E-state index in [2.05, 4.69) is 22.6 Å². The van der Waals surface area contributed by atoms with Crippen LogP contribution in [0.25, 0.3) is 0 Å². The maximum atomic E-state index is 9.81. The molecule has 0 aliphatic rings. The van der Waals surface area contributed by atoms with Gasteiger partial charge in [0.25, 0.3) is 0 Å². The summed E-state index contributed by atoms with van der Waals surface area (Å²) in [5.74, 6) is 0.183. The third-order valence-corrected chi connectivity index (χ3v) is 2.96. The summed E-state index contributed by atoms with van der Waals surface area (Å²) in [6, 6.07) is 7.65. The standard InChI is InChI=1S/C11H16INO.ClH/c1-7(2)11(14)10(13)8-4-3-5-9(12)6-8;/h3-7,10-11,14H,13H2,1-2H3;1H/t10-,11+;/m0./s1. The van der Waals surface area contributed by atoms with E-state index in [1.54, 1.807) is 0 Å². The molecule has 1 aromatic carbocycles. The number of nitrogens with two attached hydrogens (primary N) is 1. The Morgan fingerprint density at radius 3 is 2.40 bits per heavy atom. The number of halogens is 2. The first-order valence-corrected chi connectivity index (χ1v) is 5.79. The van der Waals surface area contributed by atoms with Gasteiger partial charge in [0.1, 0.15) is 0 Å². The summed E-state index contributed by atoms with van der Waals surface area (Å²) in [4.78, 5) is 0. The van der Waals surface area contributed by atoms with Crippen molar-refractivity contribution in [1.82, 2.24) is 0 Å². The van der Waals surface area contributed by atoms with Crippen molar-refractivity contribution in [3.05, 3.63) is 33.4 Å². The van der Waals surface area contributed by atoms with Crippen LogP contribution in [0.1, 0.15) is 25.5 Å². The molecule has 0 unspecified atom stereocenters. The minimum atomic E-state index is -0.479. The molecule has 2 nitrogen and oxygen atoms in total. The topological polar surface area (TPSA) is 46.2 Å². The average Bonchev–Trinajstić information content (AvgIpc) is 2.15. The van der Waals surface area contributed by atoms with Crippen LogP contribution in [0.15, 0.2) is 24.3 Å². The average molecular weight is 342 g/mol. The van der Waals surface area contributed by atoms with E-state index in [0.29, 0.717) is 0 Å². The Balaban J connectivity index is 0.00000196. The molecule has 0 saturated carbocycles. The normalized spacial score (nSPS) is 14.5. The SMILES string of the molecule is CC(C)[C@@H](O)[C@@H](N)c1cccc(I)c1.Cl. The fourth-order valence-corrected chi connectivity index (χ4v) is 1.89. The molecule has 0 aliphatic carbocycles. The Kier molecular flexibility index (Phi) is 6.75. The zero-order valence-electron chi connectivity index (χ0n) is 8.85. The van der Waals surface area contributed by atoms with Crippen LogP contribution in [0, 0.1) is 9.49 Å². The van der Waals surface area contributed by atoms with Gasteiger partial charge < -0.3 is 10.8 Å².